The standard InChI is InChI=1S/C23H30N4O4/c1-2-26(14-15-28)22(29)17-27-13-6-3-7-16-31-20-11-5-4-9-18(20)24-21-12-8-10-19(25-21)23(27)30/h4-5,8-12,28H,2-3,6-7,13-17H2,1H3,(H,24,25). The number of carbonyl (C=O) groups is 2. The van der Waals surface area contributed by atoms with Crippen molar-refractivity contribution in [2.75, 3.05) is 44.7 Å². The summed E-state index contributed by atoms with van der Waals surface area (Å²) in [5.41, 5.74) is 1.06. The third-order valence-electron chi connectivity index (χ3n) is 5.17. The van der Waals surface area contributed by atoms with Crippen molar-refractivity contribution < 1.29 is 19.4 Å². The molecule has 0 radical (unpaired) electrons. The molecule has 2 amide bonds. The first-order valence-electron chi connectivity index (χ1n) is 10.8. The zero-order valence-corrected chi connectivity index (χ0v) is 17.9. The first kappa shape index (κ1) is 22.6. The number of hydrogen-bond acceptors (Lipinski definition) is 6. The number of anilines is 2. The van der Waals surface area contributed by atoms with E-state index in [4.69, 9.17) is 4.74 Å². The molecule has 0 fully saturated rings. The number of para-hydroxylation sites is 2. The van der Waals surface area contributed by atoms with E-state index in [1.165, 1.54) is 0 Å². The lowest BCUT2D eigenvalue weighted by atomic mass is 10.2. The van der Waals surface area contributed by atoms with Gasteiger partial charge in [-0.15, -0.1) is 0 Å². The van der Waals surface area contributed by atoms with E-state index < -0.39 is 0 Å². The van der Waals surface area contributed by atoms with E-state index in [1.807, 2.05) is 31.2 Å². The molecule has 0 saturated carbocycles. The topological polar surface area (TPSA) is 95.0 Å². The minimum atomic E-state index is -0.279. The second kappa shape index (κ2) is 11.3. The number of nitrogens with zero attached hydrogens (tertiary/aromatic N) is 3. The zero-order valence-electron chi connectivity index (χ0n) is 17.9. The van der Waals surface area contributed by atoms with Gasteiger partial charge in [-0.25, -0.2) is 4.98 Å². The van der Waals surface area contributed by atoms with Crippen LogP contribution in [-0.4, -0.2) is 71.1 Å². The maximum absolute atomic E-state index is 13.2. The fourth-order valence-corrected chi connectivity index (χ4v) is 3.48. The normalized spacial score (nSPS) is 14.6. The predicted octanol–water partition coefficient (Wildman–Crippen LogP) is 2.67. The summed E-state index contributed by atoms with van der Waals surface area (Å²) in [5.74, 6) is 0.811. The number of aliphatic hydroxyl groups excluding tert-OH is 1. The first-order valence-corrected chi connectivity index (χ1v) is 10.8. The molecule has 2 bridgehead atoms. The number of aliphatic hydroxyl groups is 1. The highest BCUT2D eigenvalue weighted by atomic mass is 16.5. The van der Waals surface area contributed by atoms with Gasteiger partial charge >= 0.3 is 0 Å². The van der Waals surface area contributed by atoms with Gasteiger partial charge in [-0.1, -0.05) is 18.2 Å². The number of rotatable bonds is 5. The van der Waals surface area contributed by atoms with Crippen molar-refractivity contribution in [2.24, 2.45) is 0 Å². The van der Waals surface area contributed by atoms with E-state index >= 15 is 0 Å². The van der Waals surface area contributed by atoms with Gasteiger partial charge in [0.15, 0.2) is 0 Å². The van der Waals surface area contributed by atoms with Crippen LogP contribution in [0.15, 0.2) is 42.5 Å². The molecule has 1 aromatic heterocycles. The van der Waals surface area contributed by atoms with Gasteiger partial charge in [0, 0.05) is 19.6 Å². The van der Waals surface area contributed by atoms with E-state index in [1.54, 1.807) is 28.0 Å². The highest BCUT2D eigenvalue weighted by Gasteiger charge is 2.23. The van der Waals surface area contributed by atoms with Crippen molar-refractivity contribution in [2.45, 2.75) is 26.2 Å². The molecule has 0 unspecified atom stereocenters. The minimum Gasteiger partial charge on any atom is -0.491 e. The number of aromatic nitrogens is 1. The SMILES string of the molecule is CCN(CCO)C(=O)CN1CCCCCOc2ccccc2Nc2cccc(n2)C1=O. The van der Waals surface area contributed by atoms with E-state index in [9.17, 15) is 14.7 Å². The van der Waals surface area contributed by atoms with Gasteiger partial charge in [-0.3, -0.25) is 9.59 Å². The molecule has 2 aromatic rings. The Morgan fingerprint density at radius 3 is 2.84 bits per heavy atom. The molecule has 8 heteroatoms. The van der Waals surface area contributed by atoms with Gasteiger partial charge in [0.25, 0.3) is 5.91 Å². The molecule has 0 aliphatic carbocycles. The summed E-state index contributed by atoms with van der Waals surface area (Å²) in [7, 11) is 0. The Bertz CT molecular complexity index is 889. The zero-order chi connectivity index (χ0) is 22.1. The molecule has 2 heterocycles. The highest BCUT2D eigenvalue weighted by Crippen LogP contribution is 2.27. The Hall–Kier alpha value is -3.13. The number of hydrogen-bond donors (Lipinski definition) is 2. The molecule has 1 aliphatic rings. The van der Waals surface area contributed by atoms with Gasteiger partial charge in [0.2, 0.25) is 5.91 Å². The molecular weight excluding hydrogens is 396 g/mol. The maximum atomic E-state index is 13.2. The van der Waals surface area contributed by atoms with Crippen molar-refractivity contribution in [3.05, 3.63) is 48.2 Å². The average Bonchev–Trinajstić information content (AvgIpc) is 2.79. The summed E-state index contributed by atoms with van der Waals surface area (Å²) < 4.78 is 5.93. The third kappa shape index (κ3) is 6.18. The quantitative estimate of drug-likeness (QED) is 0.763. The number of fused-ring (bicyclic) bond motifs is 3. The molecular formula is C23H30N4O4. The molecule has 1 aliphatic heterocycles. The lowest BCUT2D eigenvalue weighted by Crippen LogP contribution is -2.44. The van der Waals surface area contributed by atoms with Crippen LogP contribution in [0.3, 0.4) is 0 Å². The van der Waals surface area contributed by atoms with Crippen LogP contribution in [0, 0.1) is 0 Å². The lowest BCUT2D eigenvalue weighted by Gasteiger charge is -2.26. The smallest absolute Gasteiger partial charge is 0.273 e. The fourth-order valence-electron chi connectivity index (χ4n) is 3.48. The molecule has 0 spiro atoms. The summed E-state index contributed by atoms with van der Waals surface area (Å²) in [5, 5.41) is 12.4. The molecule has 2 N–H and O–H groups in total. The minimum absolute atomic E-state index is 0.0364. The molecule has 8 nitrogen and oxygen atoms in total. The number of carbonyl (C=O) groups excluding carboxylic acids is 2. The van der Waals surface area contributed by atoms with Crippen LogP contribution in [0.4, 0.5) is 11.5 Å². The number of pyridine rings is 1. The van der Waals surface area contributed by atoms with Crippen LogP contribution in [0.1, 0.15) is 36.7 Å². The number of nitrogens with one attached hydrogen (secondary N) is 1. The Labute approximate surface area is 182 Å². The van der Waals surface area contributed by atoms with Crippen LogP contribution >= 0.6 is 0 Å². The number of likely N-dealkylation sites (N-methyl/N-ethyl adjacent to an activating group) is 1. The monoisotopic (exact) mass is 426 g/mol. The van der Waals surface area contributed by atoms with E-state index in [0.717, 1.165) is 30.7 Å². The van der Waals surface area contributed by atoms with Crippen LogP contribution in [0.5, 0.6) is 5.75 Å². The van der Waals surface area contributed by atoms with Crippen LogP contribution in [0.25, 0.3) is 0 Å². The Balaban J connectivity index is 1.85. The first-order chi connectivity index (χ1) is 15.1. The lowest BCUT2D eigenvalue weighted by molar-refractivity contribution is -0.132. The molecule has 166 valence electrons. The molecule has 1 aromatic carbocycles. The predicted molar refractivity (Wildman–Crippen MR) is 119 cm³/mol. The van der Waals surface area contributed by atoms with Crippen molar-refractivity contribution in [3.8, 4) is 5.75 Å². The van der Waals surface area contributed by atoms with Crippen molar-refractivity contribution in [1.82, 2.24) is 14.8 Å². The van der Waals surface area contributed by atoms with Gasteiger partial charge in [-0.05, 0) is 50.5 Å². The second-order valence-corrected chi connectivity index (χ2v) is 7.36. The molecule has 3 rings (SSSR count). The Morgan fingerprint density at radius 1 is 1.19 bits per heavy atom. The van der Waals surface area contributed by atoms with E-state index in [-0.39, 0.29) is 37.2 Å². The van der Waals surface area contributed by atoms with Gasteiger partial charge < -0.3 is 25.0 Å². The van der Waals surface area contributed by atoms with Crippen molar-refractivity contribution >= 4 is 23.3 Å². The van der Waals surface area contributed by atoms with Crippen molar-refractivity contribution in [3.63, 3.8) is 0 Å². The van der Waals surface area contributed by atoms with Crippen LogP contribution in [-0.2, 0) is 4.79 Å². The summed E-state index contributed by atoms with van der Waals surface area (Å²) in [6, 6.07) is 12.8. The third-order valence-corrected chi connectivity index (χ3v) is 5.17. The summed E-state index contributed by atoms with van der Waals surface area (Å²) >= 11 is 0. The maximum Gasteiger partial charge on any atom is 0.273 e. The van der Waals surface area contributed by atoms with E-state index in [0.29, 0.717) is 25.5 Å². The van der Waals surface area contributed by atoms with Crippen molar-refractivity contribution in [1.29, 1.82) is 0 Å². The highest BCUT2D eigenvalue weighted by molar-refractivity contribution is 5.95. The number of ether oxygens (including phenoxy) is 1. The average molecular weight is 427 g/mol. The van der Waals surface area contributed by atoms with Gasteiger partial charge in [0.05, 0.1) is 18.9 Å². The van der Waals surface area contributed by atoms with Crippen LogP contribution in [0.2, 0.25) is 0 Å². The van der Waals surface area contributed by atoms with Gasteiger partial charge in [0.1, 0.15) is 23.8 Å². The number of amides is 2. The fraction of sp³-hybridized carbons (Fsp3) is 0.435. The molecule has 0 atom stereocenters. The van der Waals surface area contributed by atoms with Crippen LogP contribution < -0.4 is 10.1 Å². The second-order valence-electron chi connectivity index (χ2n) is 7.36. The molecule has 31 heavy (non-hydrogen) atoms. The van der Waals surface area contributed by atoms with Gasteiger partial charge in [-0.2, -0.15) is 0 Å². The molecule has 0 saturated heterocycles. The number of benzene rings is 1. The largest absolute Gasteiger partial charge is 0.491 e. The van der Waals surface area contributed by atoms with E-state index in [2.05, 4.69) is 10.3 Å². The summed E-state index contributed by atoms with van der Waals surface area (Å²) in [6.45, 7) is 3.47. The Kier molecular flexibility index (Phi) is 8.23. The summed E-state index contributed by atoms with van der Waals surface area (Å²) in [4.78, 5) is 33.5. The Morgan fingerprint density at radius 2 is 2.03 bits per heavy atom. The summed E-state index contributed by atoms with van der Waals surface area (Å²) in [6.07, 6.45) is 2.47.